The Morgan fingerprint density at radius 3 is 1.02 bits per heavy atom. The molecule has 91 heavy (non-hydrogen) atoms. The van der Waals surface area contributed by atoms with E-state index in [4.69, 9.17) is 9.05 Å². The number of aliphatic hydroxyl groups is 1. The Morgan fingerprint density at radius 1 is 0.396 bits per heavy atom. The molecule has 0 bridgehead atoms. The average Bonchev–Trinajstić information content (AvgIpc) is 3.59. The Morgan fingerprint density at radius 2 is 0.681 bits per heavy atom. The van der Waals surface area contributed by atoms with E-state index >= 15 is 0 Å². The highest BCUT2D eigenvalue weighted by molar-refractivity contribution is 7.45. The highest BCUT2D eigenvalue weighted by atomic mass is 31.2. The zero-order chi connectivity index (χ0) is 66.2. The number of likely N-dealkylation sites (N-methyl/N-ethyl adjacent to an activating group) is 1. The van der Waals surface area contributed by atoms with Crippen LogP contribution in [0.15, 0.2) is 72.9 Å². The fourth-order valence-electron chi connectivity index (χ4n) is 12.1. The van der Waals surface area contributed by atoms with Crippen molar-refractivity contribution in [1.29, 1.82) is 0 Å². The Balaban J connectivity index is 3.94. The molecule has 0 rings (SSSR count). The number of unbranched alkanes of at least 4 members (excludes halogenated alkanes) is 51. The van der Waals surface area contributed by atoms with Crippen LogP contribution >= 0.6 is 7.82 Å². The smallest absolute Gasteiger partial charge is 0.268 e. The first kappa shape index (κ1) is 88.9. The second-order valence-corrected chi connectivity index (χ2v) is 29.8. The topological polar surface area (TPSA) is 108 Å². The van der Waals surface area contributed by atoms with Gasteiger partial charge >= 0.3 is 0 Å². The van der Waals surface area contributed by atoms with Crippen LogP contribution in [0.25, 0.3) is 0 Å². The second kappa shape index (κ2) is 72.2. The van der Waals surface area contributed by atoms with E-state index in [2.05, 4.69) is 79.9 Å². The molecule has 0 saturated heterocycles. The molecule has 2 N–H and O–H groups in total. The van der Waals surface area contributed by atoms with Crippen LogP contribution in [0.5, 0.6) is 0 Å². The minimum absolute atomic E-state index is 0.00536. The van der Waals surface area contributed by atoms with Gasteiger partial charge in [0.15, 0.2) is 0 Å². The predicted octanol–water partition coefficient (Wildman–Crippen LogP) is 25.4. The summed E-state index contributed by atoms with van der Waals surface area (Å²) in [7, 11) is 1.26. The van der Waals surface area contributed by atoms with Gasteiger partial charge in [0.25, 0.3) is 7.82 Å². The number of carbonyl (C=O) groups excluding carboxylic acids is 1. The third-order valence-corrected chi connectivity index (χ3v) is 19.1. The predicted molar refractivity (Wildman–Crippen MR) is 399 cm³/mol. The molecule has 0 aromatic heterocycles. The number of carbonyl (C=O) groups is 1. The third kappa shape index (κ3) is 75.2. The minimum Gasteiger partial charge on any atom is -0.756 e. The second-order valence-electron chi connectivity index (χ2n) is 28.4. The SMILES string of the molecule is CC/C=C\C/C=C\C/C=C\C/C=C\CCCCCCCCCCCCCCCCCCCCCCCCCCCCCCC(=O)NC(COP(=O)([O-])OCC[N+](C)(C)C)C(O)/C=C/CC/C=C/CCCCCCCCCCCCCCCCCCCCCCCC. The molecule has 0 spiro atoms. The number of amides is 1. The lowest BCUT2D eigenvalue weighted by Gasteiger charge is -2.29. The van der Waals surface area contributed by atoms with E-state index in [0.717, 1.165) is 64.2 Å². The first-order chi connectivity index (χ1) is 44.5. The molecule has 8 nitrogen and oxygen atoms in total. The number of aliphatic hydroxyl groups excluding tert-OH is 1. The van der Waals surface area contributed by atoms with Crippen LogP contribution < -0.4 is 10.2 Å². The summed E-state index contributed by atoms with van der Waals surface area (Å²) in [6, 6.07) is -0.905. The molecular weight excluding hydrogens is 1140 g/mol. The maximum absolute atomic E-state index is 13.1. The summed E-state index contributed by atoms with van der Waals surface area (Å²) >= 11 is 0. The molecule has 3 unspecified atom stereocenters. The van der Waals surface area contributed by atoms with Gasteiger partial charge in [0.1, 0.15) is 13.2 Å². The van der Waals surface area contributed by atoms with Crippen molar-refractivity contribution in [2.24, 2.45) is 0 Å². The minimum atomic E-state index is -4.62. The zero-order valence-corrected chi connectivity index (χ0v) is 62.2. The molecule has 0 radical (unpaired) electrons. The number of nitrogens with one attached hydrogen (secondary N) is 1. The zero-order valence-electron chi connectivity index (χ0n) is 61.3. The van der Waals surface area contributed by atoms with E-state index in [9.17, 15) is 19.4 Å². The van der Waals surface area contributed by atoms with E-state index in [1.807, 2.05) is 27.2 Å². The van der Waals surface area contributed by atoms with Gasteiger partial charge in [-0.05, 0) is 70.6 Å². The van der Waals surface area contributed by atoms with Gasteiger partial charge in [-0.15, -0.1) is 0 Å². The fourth-order valence-corrected chi connectivity index (χ4v) is 12.8. The molecule has 0 aliphatic rings. The number of hydrogen-bond acceptors (Lipinski definition) is 6. The quantitative estimate of drug-likeness (QED) is 0.0272. The van der Waals surface area contributed by atoms with E-state index in [-0.39, 0.29) is 19.1 Å². The van der Waals surface area contributed by atoms with Gasteiger partial charge in [0.05, 0.1) is 39.9 Å². The number of phosphoric acid groups is 1. The van der Waals surface area contributed by atoms with Gasteiger partial charge in [-0.2, -0.15) is 0 Å². The summed E-state index contributed by atoms with van der Waals surface area (Å²) < 4.78 is 23.5. The van der Waals surface area contributed by atoms with Crippen LogP contribution in [-0.2, 0) is 18.4 Å². The van der Waals surface area contributed by atoms with E-state index in [1.54, 1.807) is 6.08 Å². The first-order valence-electron chi connectivity index (χ1n) is 39.8. The van der Waals surface area contributed by atoms with Gasteiger partial charge in [0.2, 0.25) is 5.91 Å². The molecule has 0 aliphatic heterocycles. The molecular formula is C82H155N2O6P. The van der Waals surface area contributed by atoms with Crippen molar-refractivity contribution >= 4 is 13.7 Å². The maximum atomic E-state index is 13.1. The van der Waals surface area contributed by atoms with Gasteiger partial charge in [0, 0.05) is 6.42 Å². The van der Waals surface area contributed by atoms with Crippen molar-refractivity contribution < 1.29 is 32.9 Å². The van der Waals surface area contributed by atoms with Gasteiger partial charge in [-0.1, -0.05) is 389 Å². The van der Waals surface area contributed by atoms with Crippen molar-refractivity contribution in [3.63, 3.8) is 0 Å². The molecule has 534 valence electrons. The summed E-state index contributed by atoms with van der Waals surface area (Å²) in [6.45, 7) is 4.57. The molecule has 0 fully saturated rings. The van der Waals surface area contributed by atoms with Crippen LogP contribution in [0.3, 0.4) is 0 Å². The molecule has 0 heterocycles. The summed E-state index contributed by atoms with van der Waals surface area (Å²) in [5.41, 5.74) is 0. The van der Waals surface area contributed by atoms with Gasteiger partial charge < -0.3 is 28.8 Å². The van der Waals surface area contributed by atoms with Crippen molar-refractivity contribution in [3.8, 4) is 0 Å². The fraction of sp³-hybridized carbons (Fsp3) is 0.841. The maximum Gasteiger partial charge on any atom is 0.268 e. The van der Waals surface area contributed by atoms with Crippen LogP contribution in [0.4, 0.5) is 0 Å². The van der Waals surface area contributed by atoms with Crippen molar-refractivity contribution in [2.45, 2.75) is 405 Å². The average molecular weight is 1300 g/mol. The number of allylic oxidation sites excluding steroid dienone is 11. The summed E-state index contributed by atoms with van der Waals surface area (Å²) in [4.78, 5) is 25.7. The van der Waals surface area contributed by atoms with Crippen molar-refractivity contribution in [1.82, 2.24) is 5.32 Å². The largest absolute Gasteiger partial charge is 0.756 e. The number of hydrogen-bond donors (Lipinski definition) is 2. The highest BCUT2D eigenvalue weighted by Gasteiger charge is 2.23. The number of phosphoric ester groups is 1. The van der Waals surface area contributed by atoms with Crippen LogP contribution in [0, 0.1) is 0 Å². The molecule has 0 saturated carbocycles. The Labute approximate surface area is 567 Å². The number of quaternary nitrogens is 1. The Bertz CT molecular complexity index is 1720. The van der Waals surface area contributed by atoms with E-state index in [1.165, 1.54) is 308 Å². The first-order valence-corrected chi connectivity index (χ1v) is 41.3. The molecule has 0 aromatic carbocycles. The van der Waals surface area contributed by atoms with Crippen molar-refractivity contribution in [2.75, 3.05) is 40.9 Å². The Kier molecular flexibility index (Phi) is 70.6. The highest BCUT2D eigenvalue weighted by Crippen LogP contribution is 2.38. The normalized spacial score (nSPS) is 13.9. The monoisotopic (exact) mass is 1300 g/mol. The lowest BCUT2D eigenvalue weighted by atomic mass is 10.0. The van der Waals surface area contributed by atoms with Crippen LogP contribution in [0.2, 0.25) is 0 Å². The standard InChI is InChI=1S/C82H155N2O6P/c1-6-8-10-12-14-16-18-20-22-24-26-28-30-32-34-36-37-38-39-40-41-42-43-44-45-46-47-48-50-52-54-56-58-60-62-64-66-68-70-72-74-76-82(86)83-80(79-90-91(87,88)89-78-77-84(3,4)5)81(85)75-73-71-69-67-65-63-61-59-57-55-53-51-49-35-33-31-29-27-25-23-21-19-17-15-13-11-9-7-2/h8,10,14,16,20,22,26,28,65,67,73,75,80-81,85H,6-7,9,11-13,15,17-19,21,23-25,27,29-64,66,68-72,74,76-79H2,1-5H3,(H-,83,86,87,88)/b10-8-,16-14-,22-20-,28-26-,67-65+,75-73+. The number of rotatable bonds is 74. The molecule has 3 atom stereocenters. The van der Waals surface area contributed by atoms with Crippen LogP contribution in [-0.4, -0.2) is 68.5 Å². The van der Waals surface area contributed by atoms with Gasteiger partial charge in [-0.3, -0.25) is 9.36 Å². The lowest BCUT2D eigenvalue weighted by Crippen LogP contribution is -2.45. The Hall–Kier alpha value is -2.06. The molecule has 0 aromatic rings. The third-order valence-electron chi connectivity index (χ3n) is 18.2. The van der Waals surface area contributed by atoms with E-state index < -0.39 is 20.0 Å². The summed E-state index contributed by atoms with van der Waals surface area (Å²) in [5.74, 6) is -0.199. The summed E-state index contributed by atoms with van der Waals surface area (Å²) in [6.07, 6.45) is 102. The van der Waals surface area contributed by atoms with Crippen LogP contribution in [0.1, 0.15) is 393 Å². The van der Waals surface area contributed by atoms with E-state index in [0.29, 0.717) is 17.4 Å². The molecule has 9 heteroatoms. The van der Waals surface area contributed by atoms with Crippen molar-refractivity contribution in [3.05, 3.63) is 72.9 Å². The summed E-state index contributed by atoms with van der Waals surface area (Å²) in [5, 5.41) is 14.0. The van der Waals surface area contributed by atoms with Gasteiger partial charge in [-0.25, -0.2) is 0 Å². The number of nitrogens with zero attached hydrogens (tertiary/aromatic N) is 1. The molecule has 0 aliphatic carbocycles. The lowest BCUT2D eigenvalue weighted by molar-refractivity contribution is -0.870. The molecule has 1 amide bonds.